The number of amides is 1. The Kier molecular flexibility index (Phi) is 4.08. The number of fused-ring (bicyclic) bond motifs is 1. The number of carbonyl (C=O) groups excluding carboxylic acids is 1. The molecular weight excluding hydrogens is 296 g/mol. The van der Waals surface area contributed by atoms with Crippen molar-refractivity contribution < 1.29 is 4.79 Å². The molecule has 0 radical (unpaired) electrons. The molecule has 3 nitrogen and oxygen atoms in total. The summed E-state index contributed by atoms with van der Waals surface area (Å²) in [5, 5.41) is 3.73. The van der Waals surface area contributed by atoms with E-state index in [0.717, 1.165) is 30.5 Å². The van der Waals surface area contributed by atoms with Gasteiger partial charge in [0, 0.05) is 16.3 Å². The van der Waals surface area contributed by atoms with Crippen molar-refractivity contribution in [2.45, 2.75) is 32.2 Å². The molecule has 1 aliphatic carbocycles. The van der Waals surface area contributed by atoms with Gasteiger partial charge in [-0.25, -0.2) is 0 Å². The highest BCUT2D eigenvalue weighted by Crippen LogP contribution is 2.31. The maximum Gasteiger partial charge on any atom is 0.251 e. The minimum Gasteiger partial charge on any atom is -0.399 e. The van der Waals surface area contributed by atoms with E-state index in [0.29, 0.717) is 10.6 Å². The highest BCUT2D eigenvalue weighted by molar-refractivity contribution is 6.31. The van der Waals surface area contributed by atoms with E-state index in [1.807, 2.05) is 37.3 Å². The van der Waals surface area contributed by atoms with Gasteiger partial charge in [0.05, 0.1) is 6.04 Å². The van der Waals surface area contributed by atoms with Gasteiger partial charge in [-0.05, 0) is 67.1 Å². The molecule has 0 aromatic heterocycles. The predicted octanol–water partition coefficient (Wildman–Crippen LogP) is 4.04. The van der Waals surface area contributed by atoms with Crippen molar-refractivity contribution in [2.24, 2.45) is 0 Å². The lowest BCUT2D eigenvalue weighted by Crippen LogP contribution is -2.31. The highest BCUT2D eigenvalue weighted by Gasteiger charge is 2.22. The lowest BCUT2D eigenvalue weighted by atomic mass is 9.87. The molecule has 0 saturated carbocycles. The molecule has 22 heavy (non-hydrogen) atoms. The topological polar surface area (TPSA) is 55.1 Å². The van der Waals surface area contributed by atoms with Gasteiger partial charge in [0.1, 0.15) is 0 Å². The summed E-state index contributed by atoms with van der Waals surface area (Å²) in [7, 11) is 0. The lowest BCUT2D eigenvalue weighted by molar-refractivity contribution is 0.0933. The average molecular weight is 315 g/mol. The lowest BCUT2D eigenvalue weighted by Gasteiger charge is -2.26. The van der Waals surface area contributed by atoms with Crippen LogP contribution in [0.5, 0.6) is 0 Å². The van der Waals surface area contributed by atoms with Crippen molar-refractivity contribution in [1.29, 1.82) is 0 Å². The number of rotatable bonds is 2. The van der Waals surface area contributed by atoms with Gasteiger partial charge >= 0.3 is 0 Å². The van der Waals surface area contributed by atoms with Crippen LogP contribution in [0.1, 0.15) is 45.9 Å². The number of benzene rings is 2. The first kappa shape index (κ1) is 14.9. The van der Waals surface area contributed by atoms with Crippen LogP contribution in [-0.4, -0.2) is 5.91 Å². The van der Waals surface area contributed by atoms with Crippen LogP contribution in [0.4, 0.5) is 5.69 Å². The molecule has 0 heterocycles. The zero-order valence-corrected chi connectivity index (χ0v) is 13.3. The molecule has 1 aliphatic rings. The summed E-state index contributed by atoms with van der Waals surface area (Å²) in [5.74, 6) is -0.0865. The maximum atomic E-state index is 12.5. The Morgan fingerprint density at radius 1 is 1.27 bits per heavy atom. The molecule has 0 aliphatic heterocycles. The molecule has 0 fully saturated rings. The molecule has 1 atom stereocenters. The zero-order chi connectivity index (χ0) is 15.7. The first-order valence-corrected chi connectivity index (χ1v) is 7.87. The second kappa shape index (κ2) is 6.01. The van der Waals surface area contributed by atoms with Crippen LogP contribution < -0.4 is 11.1 Å². The average Bonchev–Trinajstić information content (AvgIpc) is 2.50. The van der Waals surface area contributed by atoms with E-state index in [9.17, 15) is 4.79 Å². The number of anilines is 1. The Balaban J connectivity index is 1.82. The van der Waals surface area contributed by atoms with Crippen molar-refractivity contribution in [3.8, 4) is 0 Å². The van der Waals surface area contributed by atoms with Crippen LogP contribution in [0.15, 0.2) is 36.4 Å². The summed E-state index contributed by atoms with van der Waals surface area (Å²) >= 11 is 6.11. The van der Waals surface area contributed by atoms with Crippen LogP contribution in [0, 0.1) is 6.92 Å². The molecule has 3 N–H and O–H groups in total. The van der Waals surface area contributed by atoms with Crippen LogP contribution >= 0.6 is 11.6 Å². The van der Waals surface area contributed by atoms with Crippen molar-refractivity contribution in [2.75, 3.05) is 5.73 Å². The van der Waals surface area contributed by atoms with E-state index in [1.165, 1.54) is 11.1 Å². The SMILES string of the molecule is Cc1ccc(C(=O)NC2CCCc3cc(N)ccc32)cc1Cl. The Bertz CT molecular complexity index is 727. The molecule has 2 aromatic rings. The molecule has 0 spiro atoms. The van der Waals surface area contributed by atoms with Gasteiger partial charge in [0.25, 0.3) is 5.91 Å². The van der Waals surface area contributed by atoms with Gasteiger partial charge < -0.3 is 11.1 Å². The first-order valence-electron chi connectivity index (χ1n) is 7.50. The van der Waals surface area contributed by atoms with E-state index in [-0.39, 0.29) is 11.9 Å². The van der Waals surface area contributed by atoms with Crippen molar-refractivity contribution in [1.82, 2.24) is 5.32 Å². The minimum absolute atomic E-state index is 0.0388. The number of nitrogens with two attached hydrogens (primary N) is 1. The van der Waals surface area contributed by atoms with Gasteiger partial charge in [0.15, 0.2) is 0 Å². The smallest absolute Gasteiger partial charge is 0.251 e. The summed E-state index contributed by atoms with van der Waals surface area (Å²) in [6.45, 7) is 1.92. The standard InChI is InChI=1S/C18H19ClN2O/c1-11-5-6-13(10-16(11)19)18(22)21-17-4-2-3-12-9-14(20)7-8-15(12)17/h5-10,17H,2-4,20H2,1H3,(H,21,22). The van der Waals surface area contributed by atoms with Crippen molar-refractivity contribution in [3.05, 3.63) is 63.7 Å². The third kappa shape index (κ3) is 2.95. The van der Waals surface area contributed by atoms with E-state index in [1.54, 1.807) is 6.07 Å². The van der Waals surface area contributed by atoms with Crippen LogP contribution in [0.3, 0.4) is 0 Å². The first-order chi connectivity index (χ1) is 10.5. The van der Waals surface area contributed by atoms with E-state index >= 15 is 0 Å². The van der Waals surface area contributed by atoms with Crippen molar-refractivity contribution in [3.63, 3.8) is 0 Å². The number of hydrogen-bond acceptors (Lipinski definition) is 2. The Hall–Kier alpha value is -2.00. The molecular formula is C18H19ClN2O. The third-order valence-electron chi connectivity index (χ3n) is 4.22. The van der Waals surface area contributed by atoms with E-state index in [2.05, 4.69) is 5.32 Å². The molecule has 1 unspecified atom stereocenters. The summed E-state index contributed by atoms with van der Waals surface area (Å²) in [4.78, 5) is 12.5. The highest BCUT2D eigenvalue weighted by atomic mass is 35.5. The molecule has 0 saturated heterocycles. The van der Waals surface area contributed by atoms with E-state index < -0.39 is 0 Å². The quantitative estimate of drug-likeness (QED) is 0.822. The second-order valence-electron chi connectivity index (χ2n) is 5.84. The fourth-order valence-corrected chi connectivity index (χ4v) is 3.14. The number of nitrogen functional groups attached to an aromatic ring is 1. The largest absolute Gasteiger partial charge is 0.399 e. The zero-order valence-electron chi connectivity index (χ0n) is 12.5. The normalized spacial score (nSPS) is 16.9. The molecule has 0 bridgehead atoms. The number of nitrogens with one attached hydrogen (secondary N) is 1. The number of aryl methyl sites for hydroxylation is 2. The number of halogens is 1. The summed E-state index contributed by atoms with van der Waals surface area (Å²) in [5.41, 5.74) is 10.6. The Labute approximate surface area is 135 Å². The van der Waals surface area contributed by atoms with Gasteiger partial charge in [-0.15, -0.1) is 0 Å². The Morgan fingerprint density at radius 3 is 2.86 bits per heavy atom. The fourth-order valence-electron chi connectivity index (χ4n) is 2.96. The monoisotopic (exact) mass is 314 g/mol. The Morgan fingerprint density at radius 2 is 2.09 bits per heavy atom. The molecule has 4 heteroatoms. The summed E-state index contributed by atoms with van der Waals surface area (Å²) in [6.07, 6.45) is 3.02. The van der Waals surface area contributed by atoms with Crippen LogP contribution in [0.25, 0.3) is 0 Å². The van der Waals surface area contributed by atoms with Gasteiger partial charge in [-0.1, -0.05) is 23.7 Å². The molecule has 3 rings (SSSR count). The number of carbonyl (C=O) groups is 1. The van der Waals surface area contributed by atoms with Crippen molar-refractivity contribution >= 4 is 23.2 Å². The predicted molar refractivity (Wildman–Crippen MR) is 90.2 cm³/mol. The number of hydrogen-bond donors (Lipinski definition) is 2. The maximum absolute atomic E-state index is 12.5. The fraction of sp³-hybridized carbons (Fsp3) is 0.278. The summed E-state index contributed by atoms with van der Waals surface area (Å²) in [6, 6.07) is 11.4. The van der Waals surface area contributed by atoms with Crippen LogP contribution in [-0.2, 0) is 6.42 Å². The van der Waals surface area contributed by atoms with Gasteiger partial charge in [0.2, 0.25) is 0 Å². The van der Waals surface area contributed by atoms with Gasteiger partial charge in [-0.3, -0.25) is 4.79 Å². The molecule has 2 aromatic carbocycles. The summed E-state index contributed by atoms with van der Waals surface area (Å²) < 4.78 is 0. The minimum atomic E-state index is -0.0865. The van der Waals surface area contributed by atoms with E-state index in [4.69, 9.17) is 17.3 Å². The molecule has 114 valence electrons. The third-order valence-corrected chi connectivity index (χ3v) is 4.63. The molecule has 1 amide bonds. The van der Waals surface area contributed by atoms with Crippen LogP contribution in [0.2, 0.25) is 5.02 Å². The second-order valence-corrected chi connectivity index (χ2v) is 6.25. The van der Waals surface area contributed by atoms with Gasteiger partial charge in [-0.2, -0.15) is 0 Å².